The Hall–Kier alpha value is -1.72. The molecule has 5 nitrogen and oxygen atoms in total. The molecule has 15 heavy (non-hydrogen) atoms. The van der Waals surface area contributed by atoms with Gasteiger partial charge < -0.3 is 10.2 Å². The van der Waals surface area contributed by atoms with Gasteiger partial charge in [-0.3, -0.25) is 4.79 Å². The molecule has 0 aromatic heterocycles. The number of carbonyl (C=O) groups excluding carboxylic acids is 1. The maximum atomic E-state index is 11.4. The molecule has 0 saturated carbocycles. The number of carbonyl (C=O) groups is 1. The number of nitrogens with zero attached hydrogens (tertiary/aromatic N) is 2. The van der Waals surface area contributed by atoms with E-state index < -0.39 is 11.7 Å². The SMILES string of the molecule is Cc1ccc(N2N=CC(O)(O)C2=O)cc1. The number of anilines is 1. The highest BCUT2D eigenvalue weighted by Gasteiger charge is 2.41. The van der Waals surface area contributed by atoms with Gasteiger partial charge in [-0.25, -0.2) is 0 Å². The Labute approximate surface area is 86.3 Å². The number of aryl methyl sites for hydroxylation is 1. The Morgan fingerprint density at radius 2 is 1.87 bits per heavy atom. The summed E-state index contributed by atoms with van der Waals surface area (Å²) in [6.45, 7) is 1.92. The first-order valence-corrected chi connectivity index (χ1v) is 4.42. The number of hydrogen-bond acceptors (Lipinski definition) is 4. The summed E-state index contributed by atoms with van der Waals surface area (Å²) in [5.41, 5.74) is 1.56. The number of rotatable bonds is 1. The lowest BCUT2D eigenvalue weighted by molar-refractivity contribution is -0.155. The summed E-state index contributed by atoms with van der Waals surface area (Å²) in [5, 5.41) is 22.9. The average Bonchev–Trinajstić information content (AvgIpc) is 2.45. The second kappa shape index (κ2) is 3.15. The molecule has 1 aliphatic heterocycles. The highest BCUT2D eigenvalue weighted by Crippen LogP contribution is 2.21. The average molecular weight is 206 g/mol. The molecule has 1 aromatic carbocycles. The Bertz CT molecular complexity index is 423. The van der Waals surface area contributed by atoms with Crippen LogP contribution < -0.4 is 5.01 Å². The minimum Gasteiger partial charge on any atom is -0.354 e. The fourth-order valence-electron chi connectivity index (χ4n) is 1.27. The van der Waals surface area contributed by atoms with Gasteiger partial charge in [-0.15, -0.1) is 0 Å². The molecular formula is C10H10N2O3. The van der Waals surface area contributed by atoms with E-state index in [1.165, 1.54) is 0 Å². The van der Waals surface area contributed by atoms with Crippen LogP contribution in [0.5, 0.6) is 0 Å². The van der Waals surface area contributed by atoms with Gasteiger partial charge in [-0.1, -0.05) is 17.7 Å². The van der Waals surface area contributed by atoms with Crippen LogP contribution in [0.25, 0.3) is 0 Å². The van der Waals surface area contributed by atoms with Crippen LogP contribution in [0, 0.1) is 6.92 Å². The molecule has 0 saturated heterocycles. The molecule has 0 atom stereocenters. The lowest BCUT2D eigenvalue weighted by Gasteiger charge is -2.15. The fourth-order valence-corrected chi connectivity index (χ4v) is 1.27. The quantitative estimate of drug-likeness (QED) is 0.635. The predicted molar refractivity (Wildman–Crippen MR) is 54.3 cm³/mol. The third-order valence-electron chi connectivity index (χ3n) is 2.14. The summed E-state index contributed by atoms with van der Waals surface area (Å²) >= 11 is 0. The van der Waals surface area contributed by atoms with E-state index in [-0.39, 0.29) is 0 Å². The Morgan fingerprint density at radius 1 is 1.27 bits per heavy atom. The zero-order valence-corrected chi connectivity index (χ0v) is 8.08. The Morgan fingerprint density at radius 3 is 2.33 bits per heavy atom. The third-order valence-corrected chi connectivity index (χ3v) is 2.14. The first kappa shape index (κ1) is 9.82. The molecule has 78 valence electrons. The van der Waals surface area contributed by atoms with Crippen LogP contribution in [0.2, 0.25) is 0 Å². The minimum absolute atomic E-state index is 0.506. The molecule has 1 heterocycles. The first-order chi connectivity index (χ1) is 7.00. The fraction of sp³-hybridized carbons (Fsp3) is 0.200. The van der Waals surface area contributed by atoms with Gasteiger partial charge >= 0.3 is 5.91 Å². The molecule has 0 spiro atoms. The standard InChI is InChI=1S/C10H10N2O3/c1-7-2-4-8(5-3-7)12-9(13)10(14,15)6-11-12/h2-6,14-15H,1H3. The molecule has 0 unspecified atom stereocenters. The molecule has 2 rings (SSSR count). The minimum atomic E-state index is -2.48. The maximum absolute atomic E-state index is 11.4. The summed E-state index contributed by atoms with van der Waals surface area (Å²) in [6, 6.07) is 7.00. The molecule has 0 aliphatic carbocycles. The predicted octanol–water partition coefficient (Wildman–Crippen LogP) is 0.00832. The van der Waals surface area contributed by atoms with E-state index in [0.29, 0.717) is 5.69 Å². The Kier molecular flexibility index (Phi) is 2.06. The number of hydrazone groups is 1. The van der Waals surface area contributed by atoms with Crippen LogP contribution in [0.1, 0.15) is 5.56 Å². The monoisotopic (exact) mass is 206 g/mol. The molecule has 5 heteroatoms. The van der Waals surface area contributed by atoms with E-state index in [2.05, 4.69) is 5.10 Å². The lowest BCUT2D eigenvalue weighted by Crippen LogP contribution is -2.42. The largest absolute Gasteiger partial charge is 0.354 e. The van der Waals surface area contributed by atoms with Crippen LogP contribution in [0.4, 0.5) is 5.69 Å². The summed E-state index contributed by atoms with van der Waals surface area (Å²) in [7, 11) is 0. The van der Waals surface area contributed by atoms with Crippen molar-refractivity contribution in [1.29, 1.82) is 0 Å². The molecule has 0 fully saturated rings. The number of benzene rings is 1. The van der Waals surface area contributed by atoms with Crippen molar-refractivity contribution < 1.29 is 15.0 Å². The molecule has 1 aliphatic rings. The smallest absolute Gasteiger partial charge is 0.313 e. The van der Waals surface area contributed by atoms with Crippen molar-refractivity contribution in [3.63, 3.8) is 0 Å². The van der Waals surface area contributed by atoms with Crippen molar-refractivity contribution in [1.82, 2.24) is 0 Å². The van der Waals surface area contributed by atoms with Crippen molar-refractivity contribution in [2.24, 2.45) is 5.10 Å². The van der Waals surface area contributed by atoms with Gasteiger partial charge in [0.15, 0.2) is 0 Å². The van der Waals surface area contributed by atoms with E-state index in [0.717, 1.165) is 16.8 Å². The number of hydrogen-bond donors (Lipinski definition) is 2. The van der Waals surface area contributed by atoms with Gasteiger partial charge in [-0.2, -0.15) is 10.1 Å². The summed E-state index contributed by atoms with van der Waals surface area (Å²) < 4.78 is 0. The first-order valence-electron chi connectivity index (χ1n) is 4.42. The highest BCUT2D eigenvalue weighted by molar-refractivity contribution is 6.12. The van der Waals surface area contributed by atoms with Crippen molar-refractivity contribution in [2.75, 3.05) is 5.01 Å². The maximum Gasteiger partial charge on any atom is 0.313 e. The molecule has 1 aromatic rings. The van der Waals surface area contributed by atoms with Crippen molar-refractivity contribution in [2.45, 2.75) is 12.7 Å². The van der Waals surface area contributed by atoms with E-state index in [4.69, 9.17) is 10.2 Å². The van der Waals surface area contributed by atoms with Crippen LogP contribution in [0.15, 0.2) is 29.4 Å². The lowest BCUT2D eigenvalue weighted by atomic mass is 10.2. The molecule has 2 N–H and O–H groups in total. The number of amides is 1. The normalized spacial score (nSPS) is 18.6. The van der Waals surface area contributed by atoms with Crippen LogP contribution >= 0.6 is 0 Å². The zero-order chi connectivity index (χ0) is 11.1. The van der Waals surface area contributed by atoms with E-state index in [9.17, 15) is 4.79 Å². The van der Waals surface area contributed by atoms with Crippen LogP contribution in [0.3, 0.4) is 0 Å². The summed E-state index contributed by atoms with van der Waals surface area (Å²) in [5.74, 6) is -3.35. The molecular weight excluding hydrogens is 196 g/mol. The Balaban J connectivity index is 2.31. The highest BCUT2D eigenvalue weighted by atomic mass is 16.5. The van der Waals surface area contributed by atoms with Gasteiger partial charge in [-0.05, 0) is 19.1 Å². The molecule has 1 amide bonds. The van der Waals surface area contributed by atoms with Gasteiger partial charge in [0.1, 0.15) is 0 Å². The van der Waals surface area contributed by atoms with Crippen molar-refractivity contribution in [3.05, 3.63) is 29.8 Å². The summed E-state index contributed by atoms with van der Waals surface area (Å²) in [6.07, 6.45) is 0.801. The molecule has 0 bridgehead atoms. The third kappa shape index (κ3) is 1.62. The van der Waals surface area contributed by atoms with Gasteiger partial charge in [0.2, 0.25) is 0 Å². The number of aliphatic hydroxyl groups is 2. The van der Waals surface area contributed by atoms with E-state index in [1.807, 2.05) is 19.1 Å². The van der Waals surface area contributed by atoms with Gasteiger partial charge in [0, 0.05) is 0 Å². The van der Waals surface area contributed by atoms with Crippen LogP contribution in [-0.4, -0.2) is 28.1 Å². The zero-order valence-electron chi connectivity index (χ0n) is 8.08. The van der Waals surface area contributed by atoms with Crippen LogP contribution in [-0.2, 0) is 4.79 Å². The van der Waals surface area contributed by atoms with E-state index in [1.54, 1.807) is 12.1 Å². The van der Waals surface area contributed by atoms with Gasteiger partial charge in [0.25, 0.3) is 5.79 Å². The van der Waals surface area contributed by atoms with E-state index >= 15 is 0 Å². The topological polar surface area (TPSA) is 73.1 Å². The van der Waals surface area contributed by atoms with Crippen molar-refractivity contribution in [3.8, 4) is 0 Å². The van der Waals surface area contributed by atoms with Gasteiger partial charge in [0.05, 0.1) is 11.9 Å². The second-order valence-corrected chi connectivity index (χ2v) is 3.42. The molecule has 0 radical (unpaired) electrons. The van der Waals surface area contributed by atoms with Crippen molar-refractivity contribution >= 4 is 17.8 Å². The summed E-state index contributed by atoms with van der Waals surface area (Å²) in [4.78, 5) is 11.4. The second-order valence-electron chi connectivity index (χ2n) is 3.42.